The summed E-state index contributed by atoms with van der Waals surface area (Å²) in [7, 11) is 5.51. The Hall–Kier alpha value is -3.16. The normalized spacial score (nSPS) is 14.2. The van der Waals surface area contributed by atoms with Crippen molar-refractivity contribution in [2.45, 2.75) is 6.32 Å². The Bertz CT molecular complexity index is 1350. The van der Waals surface area contributed by atoms with Crippen molar-refractivity contribution in [2.75, 3.05) is 37.8 Å². The quantitative estimate of drug-likeness (QED) is 0.415. The van der Waals surface area contributed by atoms with Gasteiger partial charge < -0.3 is 25.1 Å². The number of H-pyrrole nitrogens is 1. The van der Waals surface area contributed by atoms with Crippen LogP contribution in [0.15, 0.2) is 48.5 Å². The number of morpholine rings is 1. The van der Waals surface area contributed by atoms with E-state index in [1.807, 2.05) is 18.2 Å². The predicted octanol–water partition coefficient (Wildman–Crippen LogP) is 4.54. The van der Waals surface area contributed by atoms with E-state index in [0.717, 1.165) is 64.9 Å². The summed E-state index contributed by atoms with van der Waals surface area (Å²) in [5, 5.41) is 2.44. The number of nitrogens with two attached hydrogens (primary N) is 1. The minimum absolute atomic E-state index is 0.388. The highest BCUT2D eigenvalue weighted by Crippen LogP contribution is 2.36. The van der Waals surface area contributed by atoms with Crippen LogP contribution in [0.4, 0.5) is 5.69 Å². The molecule has 5 rings (SSSR count). The number of primary amides is 1. The minimum Gasteiger partial charge on any atom is -0.493 e. The van der Waals surface area contributed by atoms with Gasteiger partial charge in [-0.05, 0) is 47.5 Å². The number of rotatable bonds is 6. The van der Waals surface area contributed by atoms with Gasteiger partial charge in [0.25, 0.3) is 5.91 Å². The van der Waals surface area contributed by atoms with Crippen LogP contribution in [-0.2, 0) is 4.74 Å². The number of fused-ring (bicyclic) bond motifs is 3. The van der Waals surface area contributed by atoms with E-state index in [9.17, 15) is 4.79 Å². The number of aromatic nitrogens is 1. The van der Waals surface area contributed by atoms with Gasteiger partial charge in [-0.2, -0.15) is 0 Å². The third kappa shape index (κ3) is 4.14. The van der Waals surface area contributed by atoms with Crippen LogP contribution < -0.4 is 15.4 Å². The molecular formula is C25H23BClN3O3. The first-order valence-corrected chi connectivity index (χ1v) is 11.3. The van der Waals surface area contributed by atoms with Crippen molar-refractivity contribution in [3.05, 3.63) is 59.1 Å². The lowest BCUT2D eigenvalue weighted by atomic mass is 9.98. The van der Waals surface area contributed by atoms with Crippen LogP contribution >= 0.6 is 11.6 Å². The van der Waals surface area contributed by atoms with E-state index in [0.29, 0.717) is 29.3 Å². The maximum absolute atomic E-state index is 12.4. The van der Waals surface area contributed by atoms with Gasteiger partial charge in [-0.3, -0.25) is 4.79 Å². The Morgan fingerprint density at radius 3 is 2.64 bits per heavy atom. The van der Waals surface area contributed by atoms with Crippen LogP contribution in [0.3, 0.4) is 0 Å². The molecule has 1 fully saturated rings. The molecule has 0 unspecified atom stereocenters. The van der Waals surface area contributed by atoms with Crippen molar-refractivity contribution < 1.29 is 14.3 Å². The number of benzene rings is 3. The fraction of sp³-hybridized carbons (Fsp3) is 0.240. The van der Waals surface area contributed by atoms with E-state index in [1.54, 1.807) is 6.07 Å². The number of hydrogen-bond acceptors (Lipinski definition) is 4. The number of hydrogen-bond donors (Lipinski definition) is 2. The maximum atomic E-state index is 12.4. The zero-order valence-corrected chi connectivity index (χ0v) is 18.8. The Kier molecular flexibility index (Phi) is 5.91. The molecule has 1 aromatic heterocycles. The number of ether oxygens (including phenoxy) is 2. The summed E-state index contributed by atoms with van der Waals surface area (Å²) in [5.41, 5.74) is 10.7. The van der Waals surface area contributed by atoms with E-state index in [1.165, 1.54) is 0 Å². The fourth-order valence-electron chi connectivity index (χ4n) is 4.34. The van der Waals surface area contributed by atoms with Gasteiger partial charge in [-0.15, -0.1) is 0 Å². The number of amides is 1. The number of aromatic amines is 1. The van der Waals surface area contributed by atoms with E-state index >= 15 is 0 Å². The molecule has 8 heteroatoms. The number of carbonyl (C=O) groups is 1. The second kappa shape index (κ2) is 9.00. The van der Waals surface area contributed by atoms with Crippen molar-refractivity contribution in [3.8, 4) is 16.9 Å². The number of halogens is 1. The zero-order valence-electron chi connectivity index (χ0n) is 18.1. The average molecular weight is 460 g/mol. The smallest absolute Gasteiger partial charge is 0.250 e. The fourth-order valence-corrected chi connectivity index (χ4v) is 4.58. The summed E-state index contributed by atoms with van der Waals surface area (Å²) >= 11 is 6.42. The number of anilines is 1. The van der Waals surface area contributed by atoms with Crippen molar-refractivity contribution in [3.63, 3.8) is 0 Å². The molecule has 6 nitrogen and oxygen atoms in total. The van der Waals surface area contributed by atoms with Gasteiger partial charge in [-0.25, -0.2) is 0 Å². The summed E-state index contributed by atoms with van der Waals surface area (Å²) in [6.45, 7) is 3.54. The number of carbonyl (C=O) groups excluding carboxylic acids is 1. The average Bonchev–Trinajstić information content (AvgIpc) is 3.21. The molecular weight excluding hydrogens is 437 g/mol. The maximum Gasteiger partial charge on any atom is 0.250 e. The first-order valence-electron chi connectivity index (χ1n) is 10.9. The lowest BCUT2D eigenvalue weighted by molar-refractivity contribution is 0.100. The lowest BCUT2D eigenvalue weighted by Gasteiger charge is -2.28. The molecule has 1 saturated heterocycles. The third-order valence-corrected chi connectivity index (χ3v) is 6.27. The summed E-state index contributed by atoms with van der Waals surface area (Å²) in [6, 6.07) is 15.7. The Labute approximate surface area is 198 Å². The molecule has 33 heavy (non-hydrogen) atoms. The van der Waals surface area contributed by atoms with E-state index in [2.05, 4.69) is 34.1 Å². The highest BCUT2D eigenvalue weighted by atomic mass is 35.5. The van der Waals surface area contributed by atoms with Gasteiger partial charge in [0, 0.05) is 35.1 Å². The topological polar surface area (TPSA) is 80.6 Å². The highest BCUT2D eigenvalue weighted by Gasteiger charge is 2.17. The number of nitrogens with one attached hydrogen (secondary N) is 1. The molecule has 1 aliphatic rings. The van der Waals surface area contributed by atoms with Crippen LogP contribution in [0.5, 0.6) is 5.75 Å². The minimum atomic E-state index is -0.490. The second-order valence-electron chi connectivity index (χ2n) is 8.05. The van der Waals surface area contributed by atoms with Crippen molar-refractivity contribution in [2.24, 2.45) is 5.73 Å². The molecule has 1 aliphatic heterocycles. The van der Waals surface area contributed by atoms with Gasteiger partial charge in [0.1, 0.15) is 5.75 Å². The molecule has 0 saturated carbocycles. The molecule has 2 radical (unpaired) electrons. The predicted molar refractivity (Wildman–Crippen MR) is 134 cm³/mol. The Morgan fingerprint density at radius 1 is 1.09 bits per heavy atom. The summed E-state index contributed by atoms with van der Waals surface area (Å²) < 4.78 is 11.0. The van der Waals surface area contributed by atoms with Gasteiger partial charge in [-0.1, -0.05) is 30.1 Å². The molecule has 0 atom stereocenters. The van der Waals surface area contributed by atoms with Crippen molar-refractivity contribution in [1.82, 2.24) is 4.98 Å². The van der Waals surface area contributed by atoms with E-state index in [-0.39, 0.29) is 0 Å². The largest absolute Gasteiger partial charge is 0.493 e. The van der Waals surface area contributed by atoms with Gasteiger partial charge >= 0.3 is 0 Å². The van der Waals surface area contributed by atoms with E-state index < -0.39 is 5.91 Å². The van der Waals surface area contributed by atoms with Gasteiger partial charge in [0.05, 0.1) is 43.8 Å². The molecule has 3 N–H and O–H groups in total. The molecule has 0 spiro atoms. The first-order chi connectivity index (χ1) is 16.0. The third-order valence-electron chi connectivity index (χ3n) is 5.97. The van der Waals surface area contributed by atoms with Crippen LogP contribution in [0, 0.1) is 0 Å². The summed E-state index contributed by atoms with van der Waals surface area (Å²) in [6.07, 6.45) is 0.407. The van der Waals surface area contributed by atoms with Crippen LogP contribution in [0.25, 0.3) is 32.9 Å². The van der Waals surface area contributed by atoms with Gasteiger partial charge in [0.2, 0.25) is 0 Å². The van der Waals surface area contributed by atoms with Crippen molar-refractivity contribution >= 4 is 52.8 Å². The van der Waals surface area contributed by atoms with Crippen LogP contribution in [0.1, 0.15) is 10.4 Å². The molecule has 0 bridgehead atoms. The SMILES string of the molecule is [B]CCOc1ccc(-c2cc(C(N)=O)c3[nH]c4cc(N5CCOCC5)ccc4c3c2)cc1Cl. The summed E-state index contributed by atoms with van der Waals surface area (Å²) in [5.74, 6) is 0.0839. The lowest BCUT2D eigenvalue weighted by Crippen LogP contribution is -2.36. The van der Waals surface area contributed by atoms with Crippen LogP contribution in [0.2, 0.25) is 11.3 Å². The van der Waals surface area contributed by atoms with Gasteiger partial charge in [0.15, 0.2) is 0 Å². The molecule has 0 aliphatic carbocycles. The molecule has 4 aromatic rings. The van der Waals surface area contributed by atoms with E-state index in [4.69, 9.17) is 34.7 Å². The molecule has 3 aromatic carbocycles. The second-order valence-corrected chi connectivity index (χ2v) is 8.45. The molecule has 166 valence electrons. The highest BCUT2D eigenvalue weighted by molar-refractivity contribution is 6.32. The first kappa shape index (κ1) is 21.7. The Balaban J connectivity index is 1.61. The summed E-state index contributed by atoms with van der Waals surface area (Å²) in [4.78, 5) is 18.1. The molecule has 1 amide bonds. The van der Waals surface area contributed by atoms with Crippen molar-refractivity contribution in [1.29, 1.82) is 0 Å². The van der Waals surface area contributed by atoms with Crippen LogP contribution in [-0.4, -0.2) is 51.6 Å². The monoisotopic (exact) mass is 459 g/mol. The number of nitrogens with zero attached hydrogens (tertiary/aromatic N) is 1. The Morgan fingerprint density at radius 2 is 1.91 bits per heavy atom. The molecule has 2 heterocycles. The standard InChI is InChI=1S/C25H23BClN3O3/c26-5-8-33-23-4-1-15(13-21(23)27)16-11-19-18-3-2-17(30-6-9-32-10-7-30)14-22(18)29-24(19)20(12-16)25(28)31/h1-4,11-14,29H,5-10H2,(H2,28,31). The zero-order chi connectivity index (χ0) is 22.9.